The number of hydrogen-bond acceptors (Lipinski definition) is 5. The quantitative estimate of drug-likeness (QED) is 0.882. The maximum absolute atomic E-state index is 12.5. The van der Waals surface area contributed by atoms with Crippen molar-refractivity contribution >= 4 is 11.7 Å². The Hall–Kier alpha value is -2.47. The summed E-state index contributed by atoms with van der Waals surface area (Å²) in [4.78, 5) is 26.1. The van der Waals surface area contributed by atoms with Gasteiger partial charge in [-0.1, -0.05) is 6.07 Å². The first-order valence-corrected chi connectivity index (χ1v) is 9.92. The molecule has 0 saturated carbocycles. The highest BCUT2D eigenvalue weighted by molar-refractivity contribution is 5.94. The Morgan fingerprint density at radius 3 is 2.52 bits per heavy atom. The van der Waals surface area contributed by atoms with E-state index in [1.54, 1.807) is 6.20 Å². The summed E-state index contributed by atoms with van der Waals surface area (Å²) in [6.45, 7) is 4.97. The van der Waals surface area contributed by atoms with Crippen LogP contribution in [0.4, 0.5) is 5.82 Å². The average molecular weight is 365 g/mol. The molecule has 0 aromatic carbocycles. The Morgan fingerprint density at radius 2 is 1.85 bits per heavy atom. The van der Waals surface area contributed by atoms with E-state index in [-0.39, 0.29) is 11.9 Å². The molecule has 2 saturated heterocycles. The number of nitrogens with zero attached hydrogens (tertiary/aromatic N) is 4. The molecule has 1 amide bonds. The normalized spacial score (nSPS) is 18.6. The third-order valence-corrected chi connectivity index (χ3v) is 5.47. The lowest BCUT2D eigenvalue weighted by Crippen LogP contribution is -2.44. The summed E-state index contributed by atoms with van der Waals surface area (Å²) in [5, 5.41) is 3.17. The topological polar surface area (TPSA) is 61.4 Å². The Morgan fingerprint density at radius 1 is 1.04 bits per heavy atom. The van der Waals surface area contributed by atoms with E-state index in [2.05, 4.69) is 31.2 Å². The van der Waals surface area contributed by atoms with Gasteiger partial charge in [0.15, 0.2) is 0 Å². The van der Waals surface area contributed by atoms with Crippen LogP contribution in [0.25, 0.3) is 0 Å². The Labute approximate surface area is 160 Å². The zero-order valence-electron chi connectivity index (χ0n) is 15.7. The monoisotopic (exact) mass is 365 g/mol. The number of pyridine rings is 2. The molecule has 142 valence electrons. The maximum Gasteiger partial charge on any atom is 0.253 e. The molecule has 4 rings (SSSR count). The number of hydrogen-bond donors (Lipinski definition) is 1. The molecule has 0 bridgehead atoms. The summed E-state index contributed by atoms with van der Waals surface area (Å²) >= 11 is 0. The van der Waals surface area contributed by atoms with Crippen LogP contribution in [-0.4, -0.2) is 53.0 Å². The molecular formula is C21H27N5O. The molecule has 4 heterocycles. The van der Waals surface area contributed by atoms with Gasteiger partial charge in [0.1, 0.15) is 5.82 Å². The van der Waals surface area contributed by atoms with Crippen LogP contribution in [0.15, 0.2) is 42.7 Å². The minimum absolute atomic E-state index is 0.0151. The van der Waals surface area contributed by atoms with E-state index in [9.17, 15) is 4.79 Å². The average Bonchev–Trinajstić information content (AvgIpc) is 3.25. The van der Waals surface area contributed by atoms with Crippen molar-refractivity contribution in [3.05, 3.63) is 54.0 Å². The van der Waals surface area contributed by atoms with E-state index in [1.807, 2.05) is 30.5 Å². The van der Waals surface area contributed by atoms with Crippen molar-refractivity contribution in [1.29, 1.82) is 0 Å². The molecule has 0 spiro atoms. The van der Waals surface area contributed by atoms with Crippen LogP contribution in [0.5, 0.6) is 0 Å². The molecular weight excluding hydrogens is 338 g/mol. The molecule has 2 aromatic rings. The van der Waals surface area contributed by atoms with Gasteiger partial charge >= 0.3 is 0 Å². The zero-order chi connectivity index (χ0) is 18.5. The van der Waals surface area contributed by atoms with Crippen LogP contribution < -0.4 is 10.2 Å². The lowest BCUT2D eigenvalue weighted by Gasteiger charge is -2.32. The maximum atomic E-state index is 12.5. The molecule has 27 heavy (non-hydrogen) atoms. The molecule has 2 aliphatic rings. The summed E-state index contributed by atoms with van der Waals surface area (Å²) < 4.78 is 0. The first-order chi connectivity index (χ1) is 13.3. The van der Waals surface area contributed by atoms with Crippen molar-refractivity contribution in [2.24, 2.45) is 0 Å². The van der Waals surface area contributed by atoms with Crippen LogP contribution in [0.1, 0.15) is 41.7 Å². The number of amides is 1. The van der Waals surface area contributed by atoms with E-state index in [4.69, 9.17) is 0 Å². The van der Waals surface area contributed by atoms with E-state index in [0.717, 1.165) is 57.1 Å². The molecule has 1 N–H and O–H groups in total. The molecule has 0 aliphatic carbocycles. The minimum Gasteiger partial charge on any atom is -0.357 e. The molecule has 0 atom stereocenters. The third-order valence-electron chi connectivity index (χ3n) is 5.47. The molecule has 2 aromatic heterocycles. The fourth-order valence-corrected chi connectivity index (χ4v) is 3.88. The molecule has 6 heteroatoms. The fraction of sp³-hybridized carbons (Fsp3) is 0.476. The van der Waals surface area contributed by atoms with Crippen molar-refractivity contribution in [2.45, 2.75) is 38.3 Å². The van der Waals surface area contributed by atoms with Crippen molar-refractivity contribution in [2.75, 3.05) is 31.1 Å². The Balaban J connectivity index is 1.25. The summed E-state index contributed by atoms with van der Waals surface area (Å²) in [6, 6.07) is 10.1. The van der Waals surface area contributed by atoms with Gasteiger partial charge in [-0.2, -0.15) is 0 Å². The minimum atomic E-state index is -0.0151. The first kappa shape index (κ1) is 17.9. The van der Waals surface area contributed by atoms with Gasteiger partial charge in [-0.3, -0.25) is 14.7 Å². The summed E-state index contributed by atoms with van der Waals surface area (Å²) in [5.74, 6) is 0.963. The van der Waals surface area contributed by atoms with Crippen molar-refractivity contribution in [3.63, 3.8) is 0 Å². The standard InChI is InChI=1S/C21H27N5O/c27-21(17-6-7-20(23-15-17)26-11-3-4-12-26)24-18-8-13-25(14-9-18)16-19-5-1-2-10-22-19/h1-2,5-7,10,15,18H,3-4,8-9,11-14,16H2,(H,24,27). The van der Waals surface area contributed by atoms with E-state index in [1.165, 1.54) is 12.8 Å². The lowest BCUT2D eigenvalue weighted by atomic mass is 10.0. The second-order valence-electron chi connectivity index (χ2n) is 7.44. The lowest BCUT2D eigenvalue weighted by molar-refractivity contribution is 0.0908. The van der Waals surface area contributed by atoms with Crippen LogP contribution in [0, 0.1) is 0 Å². The number of carbonyl (C=O) groups excluding carboxylic acids is 1. The second-order valence-corrected chi connectivity index (χ2v) is 7.44. The highest BCUT2D eigenvalue weighted by Crippen LogP contribution is 2.18. The molecule has 2 fully saturated rings. The predicted molar refractivity (Wildman–Crippen MR) is 106 cm³/mol. The Kier molecular flexibility index (Phi) is 5.63. The van der Waals surface area contributed by atoms with Gasteiger partial charge in [0, 0.05) is 51.2 Å². The van der Waals surface area contributed by atoms with Crippen LogP contribution >= 0.6 is 0 Å². The largest absolute Gasteiger partial charge is 0.357 e. The predicted octanol–water partition coefficient (Wildman–Crippen LogP) is 2.47. The van der Waals surface area contributed by atoms with E-state index < -0.39 is 0 Å². The number of piperidine rings is 1. The van der Waals surface area contributed by atoms with Crippen molar-refractivity contribution < 1.29 is 4.79 Å². The van der Waals surface area contributed by atoms with Gasteiger partial charge in [0.25, 0.3) is 5.91 Å². The van der Waals surface area contributed by atoms with Gasteiger partial charge in [-0.05, 0) is 49.9 Å². The molecule has 0 unspecified atom stereocenters. The van der Waals surface area contributed by atoms with Gasteiger partial charge in [-0.15, -0.1) is 0 Å². The van der Waals surface area contributed by atoms with Gasteiger partial charge < -0.3 is 10.2 Å². The molecule has 0 radical (unpaired) electrons. The summed E-state index contributed by atoms with van der Waals surface area (Å²) in [6.07, 6.45) is 7.94. The number of carbonyl (C=O) groups is 1. The van der Waals surface area contributed by atoms with E-state index in [0.29, 0.717) is 5.56 Å². The SMILES string of the molecule is O=C(NC1CCN(Cc2ccccn2)CC1)c1ccc(N2CCCC2)nc1. The zero-order valence-corrected chi connectivity index (χ0v) is 15.7. The van der Waals surface area contributed by atoms with Crippen LogP contribution in [-0.2, 0) is 6.54 Å². The second kappa shape index (κ2) is 8.48. The van der Waals surface area contributed by atoms with E-state index >= 15 is 0 Å². The number of anilines is 1. The third kappa shape index (κ3) is 4.63. The highest BCUT2D eigenvalue weighted by Gasteiger charge is 2.22. The first-order valence-electron chi connectivity index (χ1n) is 9.92. The summed E-state index contributed by atoms with van der Waals surface area (Å²) in [7, 11) is 0. The van der Waals surface area contributed by atoms with Crippen LogP contribution in [0.2, 0.25) is 0 Å². The number of rotatable bonds is 5. The molecule has 6 nitrogen and oxygen atoms in total. The number of nitrogens with one attached hydrogen (secondary N) is 1. The highest BCUT2D eigenvalue weighted by atomic mass is 16.1. The Bertz CT molecular complexity index is 735. The molecule has 2 aliphatic heterocycles. The van der Waals surface area contributed by atoms with Crippen LogP contribution in [0.3, 0.4) is 0 Å². The van der Waals surface area contributed by atoms with Gasteiger partial charge in [0.05, 0.1) is 11.3 Å². The summed E-state index contributed by atoms with van der Waals surface area (Å²) in [5.41, 5.74) is 1.75. The van der Waals surface area contributed by atoms with Crippen molar-refractivity contribution in [3.8, 4) is 0 Å². The smallest absolute Gasteiger partial charge is 0.253 e. The van der Waals surface area contributed by atoms with Gasteiger partial charge in [0.2, 0.25) is 0 Å². The number of aromatic nitrogens is 2. The fourth-order valence-electron chi connectivity index (χ4n) is 3.88. The number of likely N-dealkylation sites (tertiary alicyclic amines) is 1. The van der Waals surface area contributed by atoms with Crippen molar-refractivity contribution in [1.82, 2.24) is 20.2 Å². The van der Waals surface area contributed by atoms with Gasteiger partial charge in [-0.25, -0.2) is 4.98 Å².